The van der Waals surface area contributed by atoms with Crippen LogP contribution in [0.3, 0.4) is 0 Å². The van der Waals surface area contributed by atoms with E-state index >= 15 is 0 Å². The molecule has 0 N–H and O–H groups in total. The van der Waals surface area contributed by atoms with Crippen LogP contribution in [0.25, 0.3) is 17.1 Å². The number of amides is 1. The van der Waals surface area contributed by atoms with Crippen molar-refractivity contribution in [2.45, 2.75) is 12.5 Å². The molecule has 1 unspecified atom stereocenters. The van der Waals surface area contributed by atoms with E-state index in [4.69, 9.17) is 9.47 Å². The summed E-state index contributed by atoms with van der Waals surface area (Å²) in [6.45, 7) is 1.23. The van der Waals surface area contributed by atoms with Crippen LogP contribution in [-0.2, 0) is 4.74 Å². The van der Waals surface area contributed by atoms with Crippen LogP contribution in [0.2, 0.25) is 0 Å². The van der Waals surface area contributed by atoms with Gasteiger partial charge in [0.15, 0.2) is 5.69 Å². The summed E-state index contributed by atoms with van der Waals surface area (Å²) >= 11 is 0. The molecule has 0 bridgehead atoms. The molecule has 1 aliphatic heterocycles. The highest BCUT2D eigenvalue weighted by Gasteiger charge is 2.29. The number of pyridine rings is 2. The summed E-state index contributed by atoms with van der Waals surface area (Å²) in [4.78, 5) is 23.4. The topological polar surface area (TPSA) is 82.4 Å². The number of rotatable bonds is 5. The van der Waals surface area contributed by atoms with Crippen LogP contribution in [0.15, 0.2) is 48.8 Å². The summed E-state index contributed by atoms with van der Waals surface area (Å²) < 4.78 is 12.2. The third-order valence-corrected chi connectivity index (χ3v) is 4.80. The van der Waals surface area contributed by atoms with Crippen molar-refractivity contribution in [1.82, 2.24) is 24.6 Å². The van der Waals surface area contributed by atoms with Crippen molar-refractivity contribution < 1.29 is 14.3 Å². The quantitative estimate of drug-likeness (QED) is 0.676. The molecule has 8 heteroatoms. The Balaban J connectivity index is 1.73. The van der Waals surface area contributed by atoms with Crippen molar-refractivity contribution in [2.24, 2.45) is 0 Å². The van der Waals surface area contributed by atoms with Gasteiger partial charge in [-0.1, -0.05) is 6.07 Å². The van der Waals surface area contributed by atoms with E-state index in [2.05, 4.69) is 15.1 Å². The maximum Gasteiger partial charge on any atom is 0.274 e. The Kier molecular flexibility index (Phi) is 5.03. The molecule has 8 nitrogen and oxygen atoms in total. The van der Waals surface area contributed by atoms with Crippen LogP contribution in [0, 0.1) is 0 Å². The van der Waals surface area contributed by atoms with Gasteiger partial charge >= 0.3 is 0 Å². The van der Waals surface area contributed by atoms with Gasteiger partial charge in [0.2, 0.25) is 5.88 Å². The van der Waals surface area contributed by atoms with E-state index in [1.807, 2.05) is 24.3 Å². The van der Waals surface area contributed by atoms with Gasteiger partial charge in [-0.25, -0.2) is 9.67 Å². The lowest BCUT2D eigenvalue weighted by Gasteiger charge is -2.14. The second kappa shape index (κ2) is 7.77. The molecule has 0 aliphatic carbocycles. The molecule has 1 aliphatic rings. The predicted octanol–water partition coefficient (Wildman–Crippen LogP) is 2.20. The molecule has 0 spiro atoms. The van der Waals surface area contributed by atoms with Gasteiger partial charge in [-0.2, -0.15) is 5.10 Å². The van der Waals surface area contributed by atoms with Crippen molar-refractivity contribution in [1.29, 1.82) is 0 Å². The van der Waals surface area contributed by atoms with Crippen molar-refractivity contribution in [2.75, 3.05) is 27.3 Å². The Bertz CT molecular complexity index is 956. The number of nitrogens with zero attached hydrogens (tertiary/aromatic N) is 5. The van der Waals surface area contributed by atoms with E-state index in [0.29, 0.717) is 24.7 Å². The Morgan fingerprint density at radius 2 is 2.07 bits per heavy atom. The van der Waals surface area contributed by atoms with Gasteiger partial charge in [0.05, 0.1) is 36.5 Å². The molecule has 0 radical (unpaired) electrons. The van der Waals surface area contributed by atoms with Crippen LogP contribution in [-0.4, -0.2) is 64.0 Å². The molecule has 0 saturated carbocycles. The van der Waals surface area contributed by atoms with Crippen LogP contribution >= 0.6 is 0 Å². The summed E-state index contributed by atoms with van der Waals surface area (Å²) in [5.74, 6) is 0.395. The highest BCUT2D eigenvalue weighted by Crippen LogP contribution is 2.24. The molecule has 1 fully saturated rings. The van der Waals surface area contributed by atoms with Gasteiger partial charge in [-0.05, 0) is 30.7 Å². The summed E-state index contributed by atoms with van der Waals surface area (Å²) in [7, 11) is 3.23. The third-order valence-electron chi connectivity index (χ3n) is 4.80. The first-order valence-corrected chi connectivity index (χ1v) is 9.03. The lowest BCUT2D eigenvalue weighted by Crippen LogP contribution is -2.30. The molecule has 0 aromatic carbocycles. The van der Waals surface area contributed by atoms with Crippen molar-refractivity contribution in [3.63, 3.8) is 0 Å². The lowest BCUT2D eigenvalue weighted by molar-refractivity contribution is 0.0718. The van der Waals surface area contributed by atoms with E-state index in [0.717, 1.165) is 23.5 Å². The van der Waals surface area contributed by atoms with E-state index in [1.54, 1.807) is 48.3 Å². The first-order chi connectivity index (χ1) is 13.7. The van der Waals surface area contributed by atoms with Crippen LogP contribution in [0.4, 0.5) is 0 Å². The number of carbonyl (C=O) groups is 1. The minimum Gasteiger partial charge on any atom is -0.481 e. The maximum atomic E-state index is 13.0. The Hall–Kier alpha value is -3.26. The van der Waals surface area contributed by atoms with Gasteiger partial charge in [-0.3, -0.25) is 9.78 Å². The maximum absolute atomic E-state index is 13.0. The van der Waals surface area contributed by atoms with Crippen molar-refractivity contribution in [3.8, 4) is 23.0 Å². The normalized spacial score (nSPS) is 16.4. The minimum absolute atomic E-state index is 0.0760. The Labute approximate surface area is 162 Å². The van der Waals surface area contributed by atoms with E-state index in [-0.39, 0.29) is 12.0 Å². The monoisotopic (exact) mass is 379 g/mol. The second-order valence-electron chi connectivity index (χ2n) is 6.50. The minimum atomic E-state index is -0.114. The lowest BCUT2D eigenvalue weighted by atomic mass is 10.2. The van der Waals surface area contributed by atoms with Crippen molar-refractivity contribution >= 4 is 5.91 Å². The molecule has 4 rings (SSSR count). The highest BCUT2D eigenvalue weighted by atomic mass is 16.5. The van der Waals surface area contributed by atoms with Crippen LogP contribution < -0.4 is 4.74 Å². The second-order valence-corrected chi connectivity index (χ2v) is 6.50. The molecule has 1 amide bonds. The van der Waals surface area contributed by atoms with Gasteiger partial charge in [0, 0.05) is 32.5 Å². The standard InChI is InChI=1S/C20H21N5O3/c1-27-15-8-10-24(13-15)20(26)17-11-18(16-5-3-4-9-21-16)25(23-17)14-6-7-19(28-2)22-12-14/h3-7,9,11-12,15H,8,10,13H2,1-2H3. The number of aromatic nitrogens is 4. The third kappa shape index (κ3) is 3.46. The summed E-state index contributed by atoms with van der Waals surface area (Å²) in [5.41, 5.74) is 2.53. The van der Waals surface area contributed by atoms with Gasteiger partial charge in [0.1, 0.15) is 0 Å². The number of carbonyl (C=O) groups excluding carboxylic acids is 1. The molecule has 28 heavy (non-hydrogen) atoms. The largest absolute Gasteiger partial charge is 0.481 e. The zero-order chi connectivity index (χ0) is 19.5. The summed E-state index contributed by atoms with van der Waals surface area (Å²) in [5, 5.41) is 4.57. The number of hydrogen-bond acceptors (Lipinski definition) is 6. The van der Waals surface area contributed by atoms with Gasteiger partial charge in [-0.15, -0.1) is 0 Å². The molecule has 4 heterocycles. The Morgan fingerprint density at radius 1 is 1.18 bits per heavy atom. The SMILES string of the molecule is COc1ccc(-n2nc(C(=O)N3CCC(OC)C3)cc2-c2ccccn2)cn1. The predicted molar refractivity (Wildman–Crippen MR) is 102 cm³/mol. The number of likely N-dealkylation sites (tertiary alicyclic amines) is 1. The zero-order valence-electron chi connectivity index (χ0n) is 15.8. The molecule has 144 valence electrons. The van der Waals surface area contributed by atoms with Gasteiger partial charge < -0.3 is 14.4 Å². The van der Waals surface area contributed by atoms with E-state index in [1.165, 1.54) is 0 Å². The molecule has 1 saturated heterocycles. The summed E-state index contributed by atoms with van der Waals surface area (Å²) in [6.07, 6.45) is 4.28. The highest BCUT2D eigenvalue weighted by molar-refractivity contribution is 5.93. The van der Waals surface area contributed by atoms with Gasteiger partial charge in [0.25, 0.3) is 5.91 Å². The first kappa shape index (κ1) is 18.1. The van der Waals surface area contributed by atoms with E-state index < -0.39 is 0 Å². The molecule has 1 atom stereocenters. The number of ether oxygens (including phenoxy) is 2. The fraction of sp³-hybridized carbons (Fsp3) is 0.300. The summed E-state index contributed by atoms with van der Waals surface area (Å²) in [6, 6.07) is 11.0. The molecular formula is C20H21N5O3. The Morgan fingerprint density at radius 3 is 2.71 bits per heavy atom. The fourth-order valence-corrected chi connectivity index (χ4v) is 3.26. The van der Waals surface area contributed by atoms with Crippen LogP contribution in [0.1, 0.15) is 16.9 Å². The van der Waals surface area contributed by atoms with E-state index in [9.17, 15) is 4.79 Å². The number of hydrogen-bond donors (Lipinski definition) is 0. The average molecular weight is 379 g/mol. The molecule has 3 aromatic rings. The fourth-order valence-electron chi connectivity index (χ4n) is 3.26. The smallest absolute Gasteiger partial charge is 0.274 e. The zero-order valence-corrected chi connectivity index (χ0v) is 15.8. The molecular weight excluding hydrogens is 358 g/mol. The first-order valence-electron chi connectivity index (χ1n) is 9.03. The average Bonchev–Trinajstić information content (AvgIpc) is 3.41. The number of methoxy groups -OCH3 is 2. The van der Waals surface area contributed by atoms with Crippen LogP contribution in [0.5, 0.6) is 5.88 Å². The van der Waals surface area contributed by atoms with Crippen molar-refractivity contribution in [3.05, 3.63) is 54.5 Å². The molecule has 3 aromatic heterocycles.